The van der Waals surface area contributed by atoms with Crippen LogP contribution in [0.4, 0.5) is 0 Å². The molecule has 0 radical (unpaired) electrons. The molecule has 1 unspecified atom stereocenters. The Morgan fingerprint density at radius 1 is 1.29 bits per heavy atom. The molecule has 3 heterocycles. The Kier molecular flexibility index (Phi) is 5.36. The predicted molar refractivity (Wildman–Crippen MR) is 108 cm³/mol. The summed E-state index contributed by atoms with van der Waals surface area (Å²) in [7, 11) is 1.78. The fourth-order valence-electron chi connectivity index (χ4n) is 3.56. The standard InChI is InChI=1S/C20H26N8/c1-15-24-19-17(9-6-11-28(19)26-15)25-20(21-2)23-13-18-22-10-12-27(18)14-16-7-4-3-5-8-16/h3-5,7-8,10,12,17H,6,9,11,13-14H2,1-2H3,(H2,21,23,25). The number of benzene rings is 1. The van der Waals surface area contributed by atoms with Crippen LogP contribution in [0.1, 0.15) is 41.9 Å². The van der Waals surface area contributed by atoms with E-state index in [2.05, 4.69) is 59.5 Å². The molecule has 0 saturated heterocycles. The molecule has 0 fully saturated rings. The minimum Gasteiger partial charge on any atom is -0.349 e. The first-order chi connectivity index (χ1) is 13.7. The highest BCUT2D eigenvalue weighted by atomic mass is 15.4. The summed E-state index contributed by atoms with van der Waals surface area (Å²) in [5.74, 6) is 3.51. The third-order valence-corrected chi connectivity index (χ3v) is 4.93. The van der Waals surface area contributed by atoms with Crippen LogP contribution >= 0.6 is 0 Å². The van der Waals surface area contributed by atoms with Crippen LogP contribution in [0.2, 0.25) is 0 Å². The Balaban J connectivity index is 1.39. The third-order valence-electron chi connectivity index (χ3n) is 4.93. The van der Waals surface area contributed by atoms with Crippen LogP contribution in [-0.2, 0) is 19.6 Å². The van der Waals surface area contributed by atoms with E-state index >= 15 is 0 Å². The van der Waals surface area contributed by atoms with Crippen molar-refractivity contribution in [2.24, 2.45) is 4.99 Å². The normalized spacial score (nSPS) is 16.6. The van der Waals surface area contributed by atoms with Gasteiger partial charge in [-0.05, 0) is 25.3 Å². The summed E-state index contributed by atoms with van der Waals surface area (Å²) >= 11 is 0. The van der Waals surface area contributed by atoms with Gasteiger partial charge in [0.1, 0.15) is 17.5 Å². The summed E-state index contributed by atoms with van der Waals surface area (Å²) in [4.78, 5) is 13.5. The number of fused-ring (bicyclic) bond motifs is 1. The van der Waals surface area contributed by atoms with E-state index in [1.54, 1.807) is 7.05 Å². The second kappa shape index (κ2) is 8.24. The number of nitrogens with one attached hydrogen (secondary N) is 2. The van der Waals surface area contributed by atoms with Crippen molar-refractivity contribution in [3.63, 3.8) is 0 Å². The molecule has 0 saturated carbocycles. The number of hydrogen-bond acceptors (Lipinski definition) is 4. The fourth-order valence-corrected chi connectivity index (χ4v) is 3.56. The summed E-state index contributed by atoms with van der Waals surface area (Å²) < 4.78 is 4.15. The van der Waals surface area contributed by atoms with Gasteiger partial charge in [0.05, 0.1) is 12.6 Å². The lowest BCUT2D eigenvalue weighted by Crippen LogP contribution is -2.41. The van der Waals surface area contributed by atoms with E-state index in [-0.39, 0.29) is 6.04 Å². The average molecular weight is 378 g/mol. The second-order valence-electron chi connectivity index (χ2n) is 6.96. The lowest BCUT2D eigenvalue weighted by Gasteiger charge is -2.25. The number of imidazole rings is 1. The number of guanidine groups is 1. The van der Waals surface area contributed by atoms with Crippen molar-refractivity contribution >= 4 is 5.96 Å². The molecule has 0 aliphatic carbocycles. The van der Waals surface area contributed by atoms with Gasteiger partial charge in [-0.2, -0.15) is 5.10 Å². The Labute approximate surface area is 164 Å². The zero-order valence-electron chi connectivity index (χ0n) is 16.3. The molecule has 0 bridgehead atoms. The summed E-state index contributed by atoms with van der Waals surface area (Å²) in [6, 6.07) is 10.5. The minimum atomic E-state index is 0.116. The molecule has 4 rings (SSSR count). The van der Waals surface area contributed by atoms with Gasteiger partial charge in [-0.25, -0.2) is 14.6 Å². The quantitative estimate of drug-likeness (QED) is 0.524. The molecule has 3 aromatic rings. The molecule has 0 spiro atoms. The second-order valence-corrected chi connectivity index (χ2v) is 6.96. The maximum atomic E-state index is 4.58. The lowest BCUT2D eigenvalue weighted by atomic mass is 10.1. The number of aromatic nitrogens is 5. The van der Waals surface area contributed by atoms with Gasteiger partial charge in [-0.1, -0.05) is 30.3 Å². The summed E-state index contributed by atoms with van der Waals surface area (Å²) in [6.07, 6.45) is 5.93. The van der Waals surface area contributed by atoms with Crippen LogP contribution < -0.4 is 10.6 Å². The Bertz CT molecular complexity index is 940. The molecule has 8 heteroatoms. The summed E-state index contributed by atoms with van der Waals surface area (Å²) in [5.41, 5.74) is 1.25. The van der Waals surface area contributed by atoms with Gasteiger partial charge in [0.25, 0.3) is 0 Å². The highest BCUT2D eigenvalue weighted by Crippen LogP contribution is 2.22. The van der Waals surface area contributed by atoms with E-state index in [1.165, 1.54) is 5.56 Å². The highest BCUT2D eigenvalue weighted by molar-refractivity contribution is 5.79. The minimum absolute atomic E-state index is 0.116. The molecule has 1 aliphatic heterocycles. The van der Waals surface area contributed by atoms with E-state index in [0.29, 0.717) is 6.54 Å². The maximum Gasteiger partial charge on any atom is 0.191 e. The fraction of sp³-hybridized carbons (Fsp3) is 0.400. The van der Waals surface area contributed by atoms with Crippen LogP contribution in [0.25, 0.3) is 0 Å². The van der Waals surface area contributed by atoms with Crippen LogP contribution in [0.3, 0.4) is 0 Å². The zero-order chi connectivity index (χ0) is 19.3. The molecular formula is C20H26N8. The van der Waals surface area contributed by atoms with Crippen LogP contribution in [0, 0.1) is 6.92 Å². The van der Waals surface area contributed by atoms with Crippen molar-refractivity contribution in [1.82, 2.24) is 34.9 Å². The largest absolute Gasteiger partial charge is 0.349 e. The molecular weight excluding hydrogens is 352 g/mol. The molecule has 0 amide bonds. The van der Waals surface area contributed by atoms with Crippen molar-refractivity contribution in [1.29, 1.82) is 0 Å². The van der Waals surface area contributed by atoms with E-state index in [4.69, 9.17) is 0 Å². The molecule has 28 heavy (non-hydrogen) atoms. The summed E-state index contributed by atoms with van der Waals surface area (Å²) in [5, 5.41) is 11.3. The number of aliphatic imine (C=N–C) groups is 1. The first-order valence-electron chi connectivity index (χ1n) is 9.65. The van der Waals surface area contributed by atoms with Crippen LogP contribution in [-0.4, -0.2) is 37.3 Å². The molecule has 146 valence electrons. The van der Waals surface area contributed by atoms with Crippen molar-refractivity contribution in [2.45, 2.75) is 45.4 Å². The number of rotatable bonds is 5. The van der Waals surface area contributed by atoms with Crippen molar-refractivity contribution in [3.05, 3.63) is 65.8 Å². The monoisotopic (exact) mass is 378 g/mol. The topological polar surface area (TPSA) is 85.0 Å². The van der Waals surface area contributed by atoms with Crippen molar-refractivity contribution < 1.29 is 0 Å². The van der Waals surface area contributed by atoms with E-state index in [9.17, 15) is 0 Å². The van der Waals surface area contributed by atoms with Gasteiger partial charge in [0.2, 0.25) is 0 Å². The molecule has 2 N–H and O–H groups in total. The SMILES string of the molecule is CN=C(NCc1nccn1Cc1ccccc1)NC1CCCn2nc(C)nc21. The average Bonchev–Trinajstić information content (AvgIpc) is 3.31. The molecule has 1 aromatic carbocycles. The molecule has 8 nitrogen and oxygen atoms in total. The Hall–Kier alpha value is -3.16. The van der Waals surface area contributed by atoms with Gasteiger partial charge in [0, 0.05) is 32.5 Å². The van der Waals surface area contributed by atoms with Gasteiger partial charge < -0.3 is 15.2 Å². The molecule has 1 atom stereocenters. The lowest BCUT2D eigenvalue weighted by molar-refractivity contribution is 0.397. The van der Waals surface area contributed by atoms with Crippen LogP contribution in [0.5, 0.6) is 0 Å². The summed E-state index contributed by atoms with van der Waals surface area (Å²) in [6.45, 7) is 4.26. The van der Waals surface area contributed by atoms with Crippen LogP contribution in [0.15, 0.2) is 47.7 Å². The van der Waals surface area contributed by atoms with Gasteiger partial charge in [-0.15, -0.1) is 0 Å². The van der Waals surface area contributed by atoms with Gasteiger partial charge in [-0.3, -0.25) is 4.99 Å². The predicted octanol–water partition coefficient (Wildman–Crippen LogP) is 2.03. The number of nitrogens with zero attached hydrogens (tertiary/aromatic N) is 6. The van der Waals surface area contributed by atoms with E-state index < -0.39 is 0 Å². The van der Waals surface area contributed by atoms with E-state index in [0.717, 1.165) is 49.4 Å². The van der Waals surface area contributed by atoms with Crippen molar-refractivity contribution in [2.75, 3.05) is 7.05 Å². The highest BCUT2D eigenvalue weighted by Gasteiger charge is 2.24. The molecule has 2 aromatic heterocycles. The first-order valence-corrected chi connectivity index (χ1v) is 9.65. The number of aryl methyl sites for hydroxylation is 2. The smallest absolute Gasteiger partial charge is 0.191 e. The number of hydrogen-bond donors (Lipinski definition) is 2. The Morgan fingerprint density at radius 2 is 2.14 bits per heavy atom. The molecule has 1 aliphatic rings. The maximum absolute atomic E-state index is 4.58. The first kappa shape index (κ1) is 18.2. The van der Waals surface area contributed by atoms with Crippen molar-refractivity contribution in [3.8, 4) is 0 Å². The van der Waals surface area contributed by atoms with Gasteiger partial charge >= 0.3 is 0 Å². The third kappa shape index (κ3) is 4.05. The Morgan fingerprint density at radius 3 is 2.96 bits per heavy atom. The van der Waals surface area contributed by atoms with Gasteiger partial charge in [0.15, 0.2) is 5.96 Å². The van der Waals surface area contributed by atoms with E-state index in [1.807, 2.05) is 30.1 Å². The zero-order valence-corrected chi connectivity index (χ0v) is 16.3.